The normalized spacial score (nSPS) is 10.0. The zero-order valence-electron chi connectivity index (χ0n) is 10.4. The van der Waals surface area contributed by atoms with Crippen LogP contribution in [-0.4, -0.2) is 26.3 Å². The average molecular weight is 326 g/mol. The fourth-order valence-corrected chi connectivity index (χ4v) is 1.92. The topological polar surface area (TPSA) is 83.7 Å². The highest BCUT2D eigenvalue weighted by molar-refractivity contribution is 9.10. The van der Waals surface area contributed by atoms with Gasteiger partial charge in [0.25, 0.3) is 5.91 Å². The van der Waals surface area contributed by atoms with Gasteiger partial charge in [0, 0.05) is 0 Å². The molecule has 0 aliphatic rings. The number of carbonyl (C=O) groups is 1. The van der Waals surface area contributed by atoms with E-state index in [0.29, 0.717) is 21.5 Å². The minimum absolute atomic E-state index is 0.229. The number of rotatable bonds is 5. The van der Waals surface area contributed by atoms with Crippen molar-refractivity contribution < 1.29 is 14.3 Å². The van der Waals surface area contributed by atoms with Crippen LogP contribution >= 0.6 is 15.9 Å². The molecular weight excluding hydrogens is 314 g/mol. The molecule has 0 spiro atoms. The fourth-order valence-electron chi connectivity index (χ4n) is 1.30. The summed E-state index contributed by atoms with van der Waals surface area (Å²) in [6.07, 6.45) is 1.22. The van der Waals surface area contributed by atoms with Crippen LogP contribution in [0.5, 0.6) is 11.5 Å². The monoisotopic (exact) mass is 325 g/mol. The Morgan fingerprint density at radius 3 is 2.84 bits per heavy atom. The van der Waals surface area contributed by atoms with Gasteiger partial charge in [-0.2, -0.15) is 10.4 Å². The molecule has 1 aromatic carbocycles. The van der Waals surface area contributed by atoms with Crippen LogP contribution in [0.2, 0.25) is 0 Å². The number of halogens is 1. The molecule has 1 rings (SSSR count). The van der Waals surface area contributed by atoms with Crippen molar-refractivity contribution in [2.75, 3.05) is 14.2 Å². The number of methoxy groups -OCH3 is 2. The molecule has 1 aromatic rings. The summed E-state index contributed by atoms with van der Waals surface area (Å²) in [6.45, 7) is 0. The molecule has 0 aromatic heterocycles. The van der Waals surface area contributed by atoms with Crippen molar-refractivity contribution >= 4 is 28.1 Å². The predicted octanol–water partition coefficient (Wildman–Crippen LogP) is 1.83. The number of hydrazone groups is 1. The smallest absolute Gasteiger partial charge is 0.254 e. The molecule has 0 unspecified atom stereocenters. The van der Waals surface area contributed by atoms with Crippen LogP contribution in [-0.2, 0) is 4.79 Å². The maximum atomic E-state index is 11.0. The number of nitrogens with one attached hydrogen (secondary N) is 1. The summed E-state index contributed by atoms with van der Waals surface area (Å²) in [5.41, 5.74) is 2.95. The van der Waals surface area contributed by atoms with Gasteiger partial charge in [0.05, 0.1) is 31.0 Å². The Kier molecular flexibility index (Phi) is 5.82. The first kappa shape index (κ1) is 15.0. The van der Waals surface area contributed by atoms with E-state index in [1.807, 2.05) is 0 Å². The van der Waals surface area contributed by atoms with Crippen molar-refractivity contribution in [1.82, 2.24) is 5.43 Å². The van der Waals surface area contributed by atoms with Gasteiger partial charge in [-0.1, -0.05) is 0 Å². The van der Waals surface area contributed by atoms with Crippen molar-refractivity contribution in [3.8, 4) is 17.6 Å². The highest BCUT2D eigenvalue weighted by atomic mass is 79.9. The summed E-state index contributed by atoms with van der Waals surface area (Å²) in [6, 6.07) is 5.21. The van der Waals surface area contributed by atoms with Gasteiger partial charge in [-0.15, -0.1) is 0 Å². The number of benzene rings is 1. The fraction of sp³-hybridized carbons (Fsp3) is 0.250. The Morgan fingerprint density at radius 1 is 1.53 bits per heavy atom. The van der Waals surface area contributed by atoms with E-state index < -0.39 is 5.91 Å². The molecule has 1 N–H and O–H groups in total. The maximum absolute atomic E-state index is 11.0. The van der Waals surface area contributed by atoms with E-state index in [4.69, 9.17) is 14.7 Å². The molecule has 0 radical (unpaired) electrons. The zero-order valence-corrected chi connectivity index (χ0v) is 12.0. The molecule has 0 fully saturated rings. The Hall–Kier alpha value is -2.07. The van der Waals surface area contributed by atoms with Crippen molar-refractivity contribution in [2.24, 2.45) is 5.10 Å². The van der Waals surface area contributed by atoms with Gasteiger partial charge in [0.15, 0.2) is 11.5 Å². The number of hydrogen-bond acceptors (Lipinski definition) is 5. The van der Waals surface area contributed by atoms with Crippen molar-refractivity contribution in [3.05, 3.63) is 22.2 Å². The van der Waals surface area contributed by atoms with Crippen molar-refractivity contribution in [2.45, 2.75) is 6.42 Å². The summed E-state index contributed by atoms with van der Waals surface area (Å²) in [5.74, 6) is 0.660. The number of nitriles is 1. The Bertz CT molecular complexity index is 538. The Balaban J connectivity index is 2.85. The molecule has 0 aliphatic heterocycles. The second-order valence-electron chi connectivity index (χ2n) is 3.37. The molecule has 19 heavy (non-hydrogen) atoms. The first-order valence-electron chi connectivity index (χ1n) is 5.22. The van der Waals surface area contributed by atoms with E-state index in [2.05, 4.69) is 26.5 Å². The zero-order chi connectivity index (χ0) is 14.3. The Morgan fingerprint density at radius 2 is 2.26 bits per heavy atom. The summed E-state index contributed by atoms with van der Waals surface area (Å²) in [7, 11) is 3.07. The van der Waals surface area contributed by atoms with Gasteiger partial charge in [-0.3, -0.25) is 4.79 Å². The first-order valence-corrected chi connectivity index (χ1v) is 6.02. The molecule has 0 atom stereocenters. The molecule has 0 saturated carbocycles. The van der Waals surface area contributed by atoms with E-state index in [1.54, 1.807) is 25.3 Å². The standard InChI is InChI=1S/C12H12BrN3O3/c1-18-10-6-8(5-9(13)12(10)19-2)7-15-16-11(17)3-4-14/h5-7H,3H2,1-2H3,(H,16,17)/b15-7+. The van der Waals surface area contributed by atoms with Crippen LogP contribution in [0.25, 0.3) is 0 Å². The predicted molar refractivity (Wildman–Crippen MR) is 73.2 cm³/mol. The second kappa shape index (κ2) is 7.38. The average Bonchev–Trinajstić information content (AvgIpc) is 2.38. The minimum Gasteiger partial charge on any atom is -0.493 e. The van der Waals surface area contributed by atoms with Crippen LogP contribution in [0.1, 0.15) is 12.0 Å². The minimum atomic E-state index is -0.460. The molecule has 0 saturated heterocycles. The number of ether oxygens (including phenoxy) is 2. The van der Waals surface area contributed by atoms with Crippen LogP contribution in [0.15, 0.2) is 21.7 Å². The summed E-state index contributed by atoms with van der Waals surface area (Å²) >= 11 is 3.35. The van der Waals surface area contributed by atoms with Gasteiger partial charge in [0.2, 0.25) is 0 Å². The SMILES string of the molecule is COc1cc(/C=N/NC(=O)CC#N)cc(Br)c1OC. The highest BCUT2D eigenvalue weighted by Crippen LogP contribution is 2.35. The number of nitrogens with zero attached hydrogens (tertiary/aromatic N) is 2. The summed E-state index contributed by atoms with van der Waals surface area (Å²) in [4.78, 5) is 11.0. The molecular formula is C12H12BrN3O3. The molecule has 0 aliphatic carbocycles. The largest absolute Gasteiger partial charge is 0.493 e. The van der Waals surface area contributed by atoms with Gasteiger partial charge in [0.1, 0.15) is 6.42 Å². The lowest BCUT2D eigenvalue weighted by Gasteiger charge is -2.10. The molecule has 0 heterocycles. The molecule has 1 amide bonds. The van der Waals surface area contributed by atoms with E-state index in [0.717, 1.165) is 0 Å². The first-order chi connectivity index (χ1) is 9.12. The van der Waals surface area contributed by atoms with Crippen LogP contribution in [0.3, 0.4) is 0 Å². The van der Waals surface area contributed by atoms with Crippen LogP contribution in [0, 0.1) is 11.3 Å². The third-order valence-corrected chi connectivity index (χ3v) is 2.69. The molecule has 0 bridgehead atoms. The van der Waals surface area contributed by atoms with Crippen molar-refractivity contribution in [3.63, 3.8) is 0 Å². The van der Waals surface area contributed by atoms with E-state index in [1.165, 1.54) is 13.3 Å². The lowest BCUT2D eigenvalue weighted by molar-refractivity contribution is -0.120. The summed E-state index contributed by atoms with van der Waals surface area (Å²) in [5, 5.41) is 12.1. The number of carbonyl (C=O) groups excluding carboxylic acids is 1. The third kappa shape index (κ3) is 4.26. The number of amides is 1. The van der Waals surface area contributed by atoms with Crippen LogP contribution in [0.4, 0.5) is 0 Å². The maximum Gasteiger partial charge on any atom is 0.254 e. The highest BCUT2D eigenvalue weighted by Gasteiger charge is 2.09. The number of hydrogen-bond donors (Lipinski definition) is 1. The summed E-state index contributed by atoms with van der Waals surface area (Å²) < 4.78 is 11.1. The van der Waals surface area contributed by atoms with Crippen LogP contribution < -0.4 is 14.9 Å². The van der Waals surface area contributed by atoms with E-state index in [9.17, 15) is 4.79 Å². The second-order valence-corrected chi connectivity index (χ2v) is 4.22. The van der Waals surface area contributed by atoms with E-state index in [-0.39, 0.29) is 6.42 Å². The third-order valence-electron chi connectivity index (χ3n) is 2.10. The molecule has 6 nitrogen and oxygen atoms in total. The Labute approximate surface area is 119 Å². The van der Waals surface area contributed by atoms with E-state index >= 15 is 0 Å². The molecule has 7 heteroatoms. The molecule has 100 valence electrons. The van der Waals surface area contributed by atoms with Gasteiger partial charge in [-0.05, 0) is 33.6 Å². The lowest BCUT2D eigenvalue weighted by Crippen LogP contribution is -2.16. The van der Waals surface area contributed by atoms with Gasteiger partial charge < -0.3 is 9.47 Å². The van der Waals surface area contributed by atoms with Crippen molar-refractivity contribution in [1.29, 1.82) is 5.26 Å². The van der Waals surface area contributed by atoms with Gasteiger partial charge in [-0.25, -0.2) is 5.43 Å². The quantitative estimate of drug-likeness (QED) is 0.661. The lowest BCUT2D eigenvalue weighted by atomic mass is 10.2. The van der Waals surface area contributed by atoms with Gasteiger partial charge >= 0.3 is 0 Å².